The third-order valence-corrected chi connectivity index (χ3v) is 3.39. The molecule has 5 nitrogen and oxygen atoms in total. The number of aliphatic carboxylic acids is 1. The van der Waals surface area contributed by atoms with Gasteiger partial charge in [-0.05, 0) is 39.3 Å². The molecule has 0 bridgehead atoms. The molecule has 1 fully saturated rings. The SMILES string of the molecule is CC(=O)NC(CCC1CCCCN1C)C(=O)O. The van der Waals surface area contributed by atoms with E-state index in [0.29, 0.717) is 12.5 Å². The standard InChI is InChI=1S/C12H22N2O3/c1-9(15)13-11(12(16)17)7-6-10-5-3-4-8-14(10)2/h10-11H,3-8H2,1-2H3,(H,13,15)(H,16,17). The summed E-state index contributed by atoms with van der Waals surface area (Å²) in [5, 5.41) is 11.5. The first-order valence-corrected chi connectivity index (χ1v) is 6.21. The van der Waals surface area contributed by atoms with Crippen molar-refractivity contribution in [3.05, 3.63) is 0 Å². The summed E-state index contributed by atoms with van der Waals surface area (Å²) in [7, 11) is 2.08. The fourth-order valence-electron chi connectivity index (χ4n) is 2.37. The number of carboxylic acid groups (broad SMARTS) is 1. The number of hydrogen-bond donors (Lipinski definition) is 2. The molecule has 0 saturated carbocycles. The van der Waals surface area contributed by atoms with E-state index in [9.17, 15) is 9.59 Å². The lowest BCUT2D eigenvalue weighted by Crippen LogP contribution is -2.42. The lowest BCUT2D eigenvalue weighted by atomic mass is 9.96. The molecule has 17 heavy (non-hydrogen) atoms. The van der Waals surface area contributed by atoms with Crippen molar-refractivity contribution < 1.29 is 14.7 Å². The first-order valence-electron chi connectivity index (χ1n) is 6.21. The number of piperidine rings is 1. The van der Waals surface area contributed by atoms with Gasteiger partial charge in [0.2, 0.25) is 5.91 Å². The summed E-state index contributed by atoms with van der Waals surface area (Å²) in [6, 6.07) is -0.290. The summed E-state index contributed by atoms with van der Waals surface area (Å²) >= 11 is 0. The average Bonchev–Trinajstić information content (AvgIpc) is 2.25. The van der Waals surface area contributed by atoms with E-state index in [0.717, 1.165) is 19.4 Å². The minimum absolute atomic E-state index is 0.283. The lowest BCUT2D eigenvalue weighted by molar-refractivity contribution is -0.141. The van der Waals surface area contributed by atoms with E-state index >= 15 is 0 Å². The van der Waals surface area contributed by atoms with Crippen molar-refractivity contribution in [2.45, 2.75) is 51.1 Å². The number of nitrogens with one attached hydrogen (secondary N) is 1. The van der Waals surface area contributed by atoms with Crippen LogP contribution in [0.4, 0.5) is 0 Å². The number of nitrogens with zero attached hydrogens (tertiary/aromatic N) is 1. The van der Waals surface area contributed by atoms with Crippen molar-refractivity contribution in [3.8, 4) is 0 Å². The van der Waals surface area contributed by atoms with Gasteiger partial charge in [-0.1, -0.05) is 6.42 Å². The zero-order valence-electron chi connectivity index (χ0n) is 10.6. The Bertz CT molecular complexity index is 281. The van der Waals surface area contributed by atoms with E-state index in [1.54, 1.807) is 0 Å². The first kappa shape index (κ1) is 14.0. The molecule has 1 aliphatic rings. The van der Waals surface area contributed by atoms with Crippen LogP contribution in [0.3, 0.4) is 0 Å². The van der Waals surface area contributed by atoms with Crippen molar-refractivity contribution >= 4 is 11.9 Å². The molecule has 5 heteroatoms. The largest absolute Gasteiger partial charge is 0.480 e. The summed E-state index contributed by atoms with van der Waals surface area (Å²) in [4.78, 5) is 24.1. The molecule has 0 radical (unpaired) electrons. The molecular weight excluding hydrogens is 220 g/mol. The molecule has 1 heterocycles. The highest BCUT2D eigenvalue weighted by Gasteiger charge is 2.23. The molecule has 0 aromatic rings. The van der Waals surface area contributed by atoms with E-state index < -0.39 is 12.0 Å². The molecular formula is C12H22N2O3. The fourth-order valence-corrected chi connectivity index (χ4v) is 2.37. The van der Waals surface area contributed by atoms with Gasteiger partial charge in [0.15, 0.2) is 0 Å². The van der Waals surface area contributed by atoms with Gasteiger partial charge in [0.25, 0.3) is 0 Å². The Morgan fingerprint density at radius 3 is 2.71 bits per heavy atom. The molecule has 2 N–H and O–H groups in total. The zero-order valence-corrected chi connectivity index (χ0v) is 10.6. The van der Waals surface area contributed by atoms with E-state index in [1.165, 1.54) is 19.8 Å². The smallest absolute Gasteiger partial charge is 0.326 e. The predicted octanol–water partition coefficient (Wildman–Crippen LogP) is 0.840. The number of rotatable bonds is 5. The lowest BCUT2D eigenvalue weighted by Gasteiger charge is -2.33. The Balaban J connectivity index is 2.39. The van der Waals surface area contributed by atoms with Crippen molar-refractivity contribution in [2.75, 3.05) is 13.6 Å². The molecule has 98 valence electrons. The van der Waals surface area contributed by atoms with Crippen LogP contribution in [-0.4, -0.2) is 47.6 Å². The van der Waals surface area contributed by atoms with E-state index in [-0.39, 0.29) is 5.91 Å². The third-order valence-electron chi connectivity index (χ3n) is 3.39. The normalized spacial score (nSPS) is 23.1. The maximum atomic E-state index is 11.0. The number of hydrogen-bond acceptors (Lipinski definition) is 3. The molecule has 1 saturated heterocycles. The van der Waals surface area contributed by atoms with E-state index in [1.807, 2.05) is 0 Å². The highest BCUT2D eigenvalue weighted by Crippen LogP contribution is 2.19. The van der Waals surface area contributed by atoms with Crippen LogP contribution in [0.2, 0.25) is 0 Å². The number of carbonyl (C=O) groups is 2. The highest BCUT2D eigenvalue weighted by molar-refractivity contribution is 5.81. The summed E-state index contributed by atoms with van der Waals surface area (Å²) in [5.74, 6) is -1.23. The molecule has 2 unspecified atom stereocenters. The van der Waals surface area contributed by atoms with Gasteiger partial charge >= 0.3 is 5.97 Å². The molecule has 1 aliphatic heterocycles. The van der Waals surface area contributed by atoms with Crippen LogP contribution in [0.25, 0.3) is 0 Å². The van der Waals surface area contributed by atoms with Crippen LogP contribution in [0.15, 0.2) is 0 Å². The van der Waals surface area contributed by atoms with Crippen LogP contribution in [0.1, 0.15) is 39.0 Å². The van der Waals surface area contributed by atoms with E-state index in [4.69, 9.17) is 5.11 Å². The first-order chi connectivity index (χ1) is 8.00. The summed E-state index contributed by atoms with van der Waals surface area (Å²) in [6.45, 7) is 2.44. The monoisotopic (exact) mass is 242 g/mol. The van der Waals surface area contributed by atoms with Crippen LogP contribution >= 0.6 is 0 Å². The van der Waals surface area contributed by atoms with Crippen molar-refractivity contribution in [2.24, 2.45) is 0 Å². The second-order valence-electron chi connectivity index (χ2n) is 4.80. The quantitative estimate of drug-likeness (QED) is 0.749. The number of amides is 1. The Morgan fingerprint density at radius 2 is 2.18 bits per heavy atom. The van der Waals surface area contributed by atoms with Gasteiger partial charge < -0.3 is 15.3 Å². The minimum Gasteiger partial charge on any atom is -0.480 e. The molecule has 1 rings (SSSR count). The molecule has 0 aromatic heterocycles. The summed E-state index contributed by atoms with van der Waals surface area (Å²) in [6.07, 6.45) is 4.90. The Hall–Kier alpha value is -1.10. The van der Waals surface area contributed by atoms with Gasteiger partial charge in [-0.15, -0.1) is 0 Å². The molecule has 0 aromatic carbocycles. The van der Waals surface area contributed by atoms with Gasteiger partial charge in [-0.2, -0.15) is 0 Å². The fraction of sp³-hybridized carbons (Fsp3) is 0.833. The average molecular weight is 242 g/mol. The predicted molar refractivity (Wildman–Crippen MR) is 64.7 cm³/mol. The van der Waals surface area contributed by atoms with Gasteiger partial charge in [0, 0.05) is 13.0 Å². The minimum atomic E-state index is -0.946. The molecule has 2 atom stereocenters. The molecule has 0 aliphatic carbocycles. The molecule has 1 amide bonds. The maximum Gasteiger partial charge on any atom is 0.326 e. The Kier molecular flexibility index (Phi) is 5.41. The van der Waals surface area contributed by atoms with Crippen LogP contribution < -0.4 is 5.32 Å². The number of carboxylic acids is 1. The van der Waals surface area contributed by atoms with Crippen molar-refractivity contribution in [1.82, 2.24) is 10.2 Å². The van der Waals surface area contributed by atoms with Gasteiger partial charge in [-0.25, -0.2) is 4.79 Å². The summed E-state index contributed by atoms with van der Waals surface area (Å²) < 4.78 is 0. The van der Waals surface area contributed by atoms with Gasteiger partial charge in [-0.3, -0.25) is 4.79 Å². The van der Waals surface area contributed by atoms with Crippen molar-refractivity contribution in [3.63, 3.8) is 0 Å². The van der Waals surface area contributed by atoms with Crippen molar-refractivity contribution in [1.29, 1.82) is 0 Å². The number of likely N-dealkylation sites (tertiary alicyclic amines) is 1. The summed E-state index contributed by atoms with van der Waals surface area (Å²) in [5.41, 5.74) is 0. The zero-order chi connectivity index (χ0) is 12.8. The van der Waals surface area contributed by atoms with Crippen LogP contribution in [-0.2, 0) is 9.59 Å². The molecule has 0 spiro atoms. The third kappa shape index (κ3) is 4.73. The number of carbonyl (C=O) groups excluding carboxylic acids is 1. The second kappa shape index (κ2) is 6.59. The second-order valence-corrected chi connectivity index (χ2v) is 4.80. The Morgan fingerprint density at radius 1 is 1.47 bits per heavy atom. The van der Waals surface area contributed by atoms with Crippen LogP contribution in [0, 0.1) is 0 Å². The van der Waals surface area contributed by atoms with Gasteiger partial charge in [0.1, 0.15) is 6.04 Å². The topological polar surface area (TPSA) is 69.6 Å². The highest BCUT2D eigenvalue weighted by atomic mass is 16.4. The van der Waals surface area contributed by atoms with Gasteiger partial charge in [0.05, 0.1) is 0 Å². The van der Waals surface area contributed by atoms with Crippen LogP contribution in [0.5, 0.6) is 0 Å². The van der Waals surface area contributed by atoms with E-state index in [2.05, 4.69) is 17.3 Å². The maximum absolute atomic E-state index is 11.0. The Labute approximate surface area is 102 Å².